The van der Waals surface area contributed by atoms with Gasteiger partial charge in [-0.25, -0.2) is 24.9 Å². The fourth-order valence-electron chi connectivity index (χ4n) is 5.98. The number of rotatable bonds is 8. The van der Waals surface area contributed by atoms with E-state index in [2.05, 4.69) is 62.1 Å². The lowest BCUT2D eigenvalue weighted by Gasteiger charge is -2.19. The molecule has 0 bridgehead atoms. The summed E-state index contributed by atoms with van der Waals surface area (Å²) in [5.74, 6) is 2.81. The van der Waals surface area contributed by atoms with E-state index in [1.165, 1.54) is 11.1 Å². The molecule has 0 amide bonds. The quantitative estimate of drug-likeness (QED) is 0.158. The first-order valence-corrected chi connectivity index (χ1v) is 16.2. The van der Waals surface area contributed by atoms with Gasteiger partial charge in [-0.2, -0.15) is 0 Å². The van der Waals surface area contributed by atoms with E-state index in [1.54, 1.807) is 6.08 Å². The first-order chi connectivity index (χ1) is 23.6. The molecule has 48 heavy (non-hydrogen) atoms. The number of nitrogens with zero attached hydrogens (tertiary/aromatic N) is 5. The van der Waals surface area contributed by atoms with Crippen molar-refractivity contribution in [3.63, 3.8) is 0 Å². The number of benzene rings is 4. The lowest BCUT2D eigenvalue weighted by molar-refractivity contribution is 0.717. The van der Waals surface area contributed by atoms with Gasteiger partial charge in [0.2, 0.25) is 0 Å². The van der Waals surface area contributed by atoms with E-state index in [9.17, 15) is 0 Å². The van der Waals surface area contributed by atoms with Gasteiger partial charge in [-0.3, -0.25) is 0 Å². The summed E-state index contributed by atoms with van der Waals surface area (Å²) < 4.78 is 0. The zero-order valence-electron chi connectivity index (χ0n) is 27.1. The lowest BCUT2D eigenvalue weighted by atomic mass is 9.87. The molecule has 1 atom stereocenters. The van der Waals surface area contributed by atoms with E-state index in [0.717, 1.165) is 51.2 Å². The predicted molar refractivity (Wildman–Crippen MR) is 197 cm³/mol. The molecule has 0 saturated carbocycles. The van der Waals surface area contributed by atoms with Gasteiger partial charge in [0.05, 0.1) is 11.4 Å². The average molecular weight is 622 g/mol. The molecule has 0 aliphatic heterocycles. The van der Waals surface area contributed by atoms with E-state index in [1.807, 2.05) is 97.9 Å². The largest absolute Gasteiger partial charge is 0.228 e. The van der Waals surface area contributed by atoms with Crippen molar-refractivity contribution in [1.82, 2.24) is 24.9 Å². The van der Waals surface area contributed by atoms with Crippen molar-refractivity contribution in [1.29, 1.82) is 0 Å². The molecule has 1 aliphatic rings. The third-order valence-corrected chi connectivity index (χ3v) is 8.48. The molecule has 1 unspecified atom stereocenters. The summed E-state index contributed by atoms with van der Waals surface area (Å²) in [5, 5.41) is 0. The molecule has 0 N–H and O–H groups in total. The second kappa shape index (κ2) is 13.7. The van der Waals surface area contributed by atoms with E-state index in [-0.39, 0.29) is 0 Å². The van der Waals surface area contributed by atoms with Crippen molar-refractivity contribution in [3.8, 4) is 45.3 Å². The Hall–Kier alpha value is -6.07. The highest BCUT2D eigenvalue weighted by molar-refractivity contribution is 5.92. The van der Waals surface area contributed by atoms with Gasteiger partial charge in [0.1, 0.15) is 0 Å². The van der Waals surface area contributed by atoms with Crippen LogP contribution in [0.3, 0.4) is 0 Å². The highest BCUT2D eigenvalue weighted by Crippen LogP contribution is 2.35. The minimum absolute atomic E-state index is 0.500. The van der Waals surface area contributed by atoms with Crippen LogP contribution in [0.1, 0.15) is 36.6 Å². The molecule has 1 aliphatic carbocycles. The number of hydrogen-bond donors (Lipinski definition) is 0. The molecule has 7 rings (SSSR count). The fourth-order valence-corrected chi connectivity index (χ4v) is 5.98. The maximum atomic E-state index is 5.24. The van der Waals surface area contributed by atoms with E-state index < -0.39 is 0 Å². The second-order valence-corrected chi connectivity index (χ2v) is 11.9. The number of fused-ring (bicyclic) bond motifs is 1. The Bertz CT molecular complexity index is 2120. The lowest BCUT2D eigenvalue weighted by Crippen LogP contribution is -2.06. The number of hydrogen-bond acceptors (Lipinski definition) is 5. The number of aromatic nitrogens is 5. The zero-order chi connectivity index (χ0) is 32.9. The van der Waals surface area contributed by atoms with Crippen molar-refractivity contribution in [3.05, 3.63) is 169 Å². The fraction of sp³-hybridized carbons (Fsp3) is 0.0930. The first kappa shape index (κ1) is 30.6. The van der Waals surface area contributed by atoms with Gasteiger partial charge in [0, 0.05) is 33.4 Å². The summed E-state index contributed by atoms with van der Waals surface area (Å²) in [6.07, 6.45) is 11.2. The monoisotopic (exact) mass is 621 g/mol. The van der Waals surface area contributed by atoms with Crippen LogP contribution in [0, 0.1) is 5.92 Å². The molecular formula is C43H35N5. The van der Waals surface area contributed by atoms with E-state index in [0.29, 0.717) is 29.2 Å². The van der Waals surface area contributed by atoms with Crippen LogP contribution in [0.25, 0.3) is 62.5 Å². The third kappa shape index (κ3) is 6.44. The molecule has 0 spiro atoms. The zero-order valence-corrected chi connectivity index (χ0v) is 27.1. The smallest absolute Gasteiger partial charge is 0.164 e. The highest BCUT2D eigenvalue weighted by Gasteiger charge is 2.20. The number of allylic oxidation sites excluding steroid dienone is 6. The molecule has 4 aromatic carbocycles. The van der Waals surface area contributed by atoms with Gasteiger partial charge in [0.25, 0.3) is 0 Å². The van der Waals surface area contributed by atoms with Gasteiger partial charge in [-0.15, -0.1) is 0 Å². The summed E-state index contributed by atoms with van der Waals surface area (Å²) in [6, 6.07) is 38.8. The topological polar surface area (TPSA) is 64.5 Å². The molecule has 0 fully saturated rings. The van der Waals surface area contributed by atoms with Crippen molar-refractivity contribution in [2.45, 2.75) is 20.3 Å². The van der Waals surface area contributed by atoms with Crippen LogP contribution < -0.4 is 0 Å². The van der Waals surface area contributed by atoms with Crippen molar-refractivity contribution < 1.29 is 0 Å². The van der Waals surface area contributed by atoms with Crippen LogP contribution in [-0.2, 0) is 6.42 Å². The Labute approximate surface area is 281 Å². The summed E-state index contributed by atoms with van der Waals surface area (Å²) in [7, 11) is 0. The maximum absolute atomic E-state index is 5.24. The van der Waals surface area contributed by atoms with Gasteiger partial charge in [-0.1, -0.05) is 153 Å². The van der Waals surface area contributed by atoms with Crippen molar-refractivity contribution >= 4 is 17.2 Å². The molecule has 5 nitrogen and oxygen atoms in total. The Morgan fingerprint density at radius 1 is 0.667 bits per heavy atom. The first-order valence-electron chi connectivity index (χ1n) is 16.2. The Balaban J connectivity index is 1.47. The van der Waals surface area contributed by atoms with E-state index >= 15 is 0 Å². The average Bonchev–Trinajstić information content (AvgIpc) is 3.15. The molecule has 2 aromatic heterocycles. The Morgan fingerprint density at radius 3 is 1.90 bits per heavy atom. The third-order valence-electron chi connectivity index (χ3n) is 8.48. The minimum Gasteiger partial charge on any atom is -0.228 e. The highest BCUT2D eigenvalue weighted by atomic mass is 15.0. The molecule has 0 saturated heterocycles. The summed E-state index contributed by atoms with van der Waals surface area (Å²) >= 11 is 0. The summed E-state index contributed by atoms with van der Waals surface area (Å²) in [6.45, 7) is 8.23. The van der Waals surface area contributed by atoms with Crippen molar-refractivity contribution in [2.75, 3.05) is 0 Å². The molecular weight excluding hydrogens is 587 g/mol. The summed E-state index contributed by atoms with van der Waals surface area (Å²) in [4.78, 5) is 25.3. The Morgan fingerprint density at radius 2 is 1.27 bits per heavy atom. The minimum atomic E-state index is 0.500. The molecule has 5 heteroatoms. The van der Waals surface area contributed by atoms with Gasteiger partial charge < -0.3 is 0 Å². The molecule has 0 radical (unpaired) electrons. The Kier molecular flexibility index (Phi) is 8.75. The van der Waals surface area contributed by atoms with Crippen LogP contribution in [-0.4, -0.2) is 24.9 Å². The van der Waals surface area contributed by atoms with Crippen LogP contribution in [0.5, 0.6) is 0 Å². The van der Waals surface area contributed by atoms with Crippen molar-refractivity contribution in [2.24, 2.45) is 5.92 Å². The second-order valence-electron chi connectivity index (χ2n) is 11.9. The molecule has 232 valence electrons. The van der Waals surface area contributed by atoms with Gasteiger partial charge >= 0.3 is 0 Å². The van der Waals surface area contributed by atoms with Crippen LogP contribution in [0.2, 0.25) is 0 Å². The van der Waals surface area contributed by atoms with Crippen LogP contribution in [0.15, 0.2) is 146 Å². The van der Waals surface area contributed by atoms with Crippen LogP contribution >= 0.6 is 0 Å². The normalized spacial score (nSPS) is 14.4. The SMILES string of the molecule is C=C/C=C\C(=C(/C)c1nc(-c2ccccc2)cc(-c2cccc3c2C=CC(C)C3)n1)c1nc(-c2ccccc2)nc(-c2ccccc2)n1. The van der Waals surface area contributed by atoms with Gasteiger partial charge in [-0.05, 0) is 36.5 Å². The maximum Gasteiger partial charge on any atom is 0.164 e. The molecule has 6 aromatic rings. The van der Waals surface area contributed by atoms with E-state index in [4.69, 9.17) is 24.9 Å². The summed E-state index contributed by atoms with van der Waals surface area (Å²) in [5.41, 5.74) is 9.80. The standard InChI is InChI=1S/C43H35N5/c1-4-5-23-35(43-47-41(32-18-11-7-12-19-32)46-42(48-43)33-20-13-8-14-21-33)30(3)40-44-38(31-16-9-6-10-17-31)28-39(45-40)37-24-15-22-34-27-29(2)25-26-36(34)37/h4-26,28-29H,1,27H2,2-3H3/b23-5-,35-30-. The predicted octanol–water partition coefficient (Wildman–Crippen LogP) is 10.2. The molecule has 2 heterocycles. The van der Waals surface area contributed by atoms with Gasteiger partial charge in [0.15, 0.2) is 23.3 Å². The van der Waals surface area contributed by atoms with Crippen LogP contribution in [0.4, 0.5) is 0 Å².